The zero-order valence-corrected chi connectivity index (χ0v) is 24.0. The number of rotatable bonds is 6. The lowest BCUT2D eigenvalue weighted by atomic mass is 9.60. The number of ether oxygens (including phenoxy) is 2. The molecule has 1 heterocycles. The van der Waals surface area contributed by atoms with Gasteiger partial charge in [0.15, 0.2) is 0 Å². The molecule has 1 aliphatic heterocycles. The minimum atomic E-state index is -0.623. The van der Waals surface area contributed by atoms with Gasteiger partial charge in [0, 0.05) is 24.9 Å². The van der Waals surface area contributed by atoms with E-state index in [0.717, 1.165) is 42.7 Å². The second kappa shape index (κ2) is 13.3. The van der Waals surface area contributed by atoms with E-state index in [1.165, 1.54) is 63.6 Å². The number of likely N-dealkylation sites (tertiary alicyclic amines) is 1. The molecule has 2 unspecified atom stereocenters. The molecule has 38 heavy (non-hydrogen) atoms. The number of hydrogen-bond acceptors (Lipinski definition) is 5. The average Bonchev–Trinajstić information content (AvgIpc) is 2.96. The number of hydrogen-bond donors (Lipinski definition) is 2. The first kappa shape index (κ1) is 28.9. The molecular formula is C33H50N2O3. The van der Waals surface area contributed by atoms with Crippen molar-refractivity contribution in [3.05, 3.63) is 59.7 Å². The van der Waals surface area contributed by atoms with Gasteiger partial charge < -0.3 is 25.2 Å². The molecule has 5 heteroatoms. The Kier molecular flexibility index (Phi) is 10.1. The van der Waals surface area contributed by atoms with Crippen LogP contribution < -0.4 is 15.2 Å². The molecular weight excluding hydrogens is 472 g/mol. The predicted octanol–water partition coefficient (Wildman–Crippen LogP) is 6.50. The van der Waals surface area contributed by atoms with Gasteiger partial charge in [-0.3, -0.25) is 0 Å². The smallest absolute Gasteiger partial charge is 0.118 e. The molecule has 0 amide bonds. The summed E-state index contributed by atoms with van der Waals surface area (Å²) in [5.74, 6) is 2.54. The highest BCUT2D eigenvalue weighted by atomic mass is 16.5. The van der Waals surface area contributed by atoms with Crippen LogP contribution in [0.3, 0.4) is 0 Å². The third kappa shape index (κ3) is 6.73. The number of likely N-dealkylation sites (N-methyl/N-ethyl adjacent to an activating group) is 1. The van der Waals surface area contributed by atoms with E-state index in [1.807, 2.05) is 24.3 Å². The zero-order chi connectivity index (χ0) is 27.0. The standard InChI is InChI=1S/C18H27NO.C15H23NO2/c1-19-13-12-18(10-4-3-5-11-18)17(14-19)15-6-8-16(20-2)9-7-15;1-18-13-7-5-12(6-8-13)14(11-16)15(17)9-3-2-4-10-15/h6-9,17H,3-5,10-14H2,1-2H3;5-8,14,17H,2-4,9-11,16H2,1H3. The van der Waals surface area contributed by atoms with Crippen molar-refractivity contribution in [3.8, 4) is 11.5 Å². The molecule has 3 fully saturated rings. The first-order valence-electron chi connectivity index (χ1n) is 14.8. The van der Waals surface area contributed by atoms with Gasteiger partial charge in [-0.1, -0.05) is 62.8 Å². The Morgan fingerprint density at radius 1 is 0.816 bits per heavy atom. The Hall–Kier alpha value is -2.08. The van der Waals surface area contributed by atoms with Crippen molar-refractivity contribution < 1.29 is 14.6 Å². The fourth-order valence-electron chi connectivity index (χ4n) is 7.35. The van der Waals surface area contributed by atoms with Crippen LogP contribution in [0.15, 0.2) is 48.5 Å². The quantitative estimate of drug-likeness (QED) is 0.453. The number of aliphatic hydroxyl groups is 1. The summed E-state index contributed by atoms with van der Waals surface area (Å²) in [7, 11) is 5.67. The Morgan fingerprint density at radius 2 is 1.34 bits per heavy atom. The van der Waals surface area contributed by atoms with E-state index in [9.17, 15) is 5.11 Å². The largest absolute Gasteiger partial charge is 0.497 e. The molecule has 5 rings (SSSR count). The van der Waals surface area contributed by atoms with Gasteiger partial charge in [-0.25, -0.2) is 0 Å². The maximum atomic E-state index is 10.8. The molecule has 3 N–H and O–H groups in total. The first-order valence-corrected chi connectivity index (χ1v) is 14.8. The lowest BCUT2D eigenvalue weighted by Crippen LogP contribution is -2.45. The lowest BCUT2D eigenvalue weighted by Gasteiger charge is -2.50. The molecule has 5 nitrogen and oxygen atoms in total. The fourth-order valence-corrected chi connectivity index (χ4v) is 7.35. The Morgan fingerprint density at radius 3 is 1.87 bits per heavy atom. The third-order valence-electron chi connectivity index (χ3n) is 9.71. The Balaban J connectivity index is 0.000000178. The Bertz CT molecular complexity index is 963. The van der Waals surface area contributed by atoms with Gasteiger partial charge in [0.2, 0.25) is 0 Å². The number of nitrogens with zero attached hydrogens (tertiary/aromatic N) is 1. The minimum Gasteiger partial charge on any atom is -0.497 e. The molecule has 0 bridgehead atoms. The highest BCUT2D eigenvalue weighted by molar-refractivity contribution is 5.32. The van der Waals surface area contributed by atoms with Crippen LogP contribution in [0.2, 0.25) is 0 Å². The molecule has 1 spiro atoms. The fraction of sp³-hybridized carbons (Fsp3) is 0.636. The average molecular weight is 523 g/mol. The van der Waals surface area contributed by atoms with Crippen LogP contribution >= 0.6 is 0 Å². The van der Waals surface area contributed by atoms with E-state index in [4.69, 9.17) is 15.2 Å². The highest BCUT2D eigenvalue weighted by Gasteiger charge is 2.43. The zero-order valence-electron chi connectivity index (χ0n) is 24.0. The number of piperidine rings is 1. The molecule has 2 atom stereocenters. The maximum absolute atomic E-state index is 10.8. The van der Waals surface area contributed by atoms with E-state index < -0.39 is 5.60 Å². The van der Waals surface area contributed by atoms with Crippen LogP contribution in [0.5, 0.6) is 11.5 Å². The van der Waals surface area contributed by atoms with Crippen LogP contribution in [0.1, 0.15) is 93.6 Å². The van der Waals surface area contributed by atoms with Gasteiger partial charge in [0.1, 0.15) is 11.5 Å². The summed E-state index contributed by atoms with van der Waals surface area (Å²) in [5, 5.41) is 10.8. The predicted molar refractivity (Wildman–Crippen MR) is 156 cm³/mol. The molecule has 3 aliphatic rings. The van der Waals surface area contributed by atoms with Gasteiger partial charge in [-0.2, -0.15) is 0 Å². The number of benzene rings is 2. The van der Waals surface area contributed by atoms with E-state index in [0.29, 0.717) is 17.9 Å². The third-order valence-corrected chi connectivity index (χ3v) is 9.71. The van der Waals surface area contributed by atoms with Gasteiger partial charge in [0.25, 0.3) is 0 Å². The van der Waals surface area contributed by atoms with Crippen molar-refractivity contribution in [2.45, 2.75) is 88.1 Å². The van der Waals surface area contributed by atoms with Crippen molar-refractivity contribution in [2.24, 2.45) is 11.1 Å². The maximum Gasteiger partial charge on any atom is 0.118 e. The first-order chi connectivity index (χ1) is 18.4. The molecule has 1 saturated heterocycles. The summed E-state index contributed by atoms with van der Waals surface area (Å²) < 4.78 is 10.5. The second-order valence-electron chi connectivity index (χ2n) is 12.0. The van der Waals surface area contributed by atoms with Gasteiger partial charge in [-0.15, -0.1) is 0 Å². The summed E-state index contributed by atoms with van der Waals surface area (Å²) in [6.07, 6.45) is 13.7. The molecule has 2 saturated carbocycles. The van der Waals surface area contributed by atoms with E-state index in [1.54, 1.807) is 14.2 Å². The monoisotopic (exact) mass is 522 g/mol. The molecule has 2 aliphatic carbocycles. The van der Waals surface area contributed by atoms with Crippen LogP contribution in [0.4, 0.5) is 0 Å². The topological polar surface area (TPSA) is 68.0 Å². The van der Waals surface area contributed by atoms with Crippen molar-refractivity contribution >= 4 is 0 Å². The lowest BCUT2D eigenvalue weighted by molar-refractivity contribution is -0.0194. The number of methoxy groups -OCH3 is 2. The van der Waals surface area contributed by atoms with Crippen LogP contribution in [0.25, 0.3) is 0 Å². The van der Waals surface area contributed by atoms with E-state index >= 15 is 0 Å². The molecule has 2 aromatic carbocycles. The van der Waals surface area contributed by atoms with Gasteiger partial charge >= 0.3 is 0 Å². The molecule has 210 valence electrons. The molecule has 0 aromatic heterocycles. The molecule has 2 aromatic rings. The molecule has 0 radical (unpaired) electrons. The second-order valence-corrected chi connectivity index (χ2v) is 12.0. The Labute approximate surface area is 230 Å². The van der Waals surface area contributed by atoms with Gasteiger partial charge in [-0.05, 0) is 86.5 Å². The van der Waals surface area contributed by atoms with Crippen molar-refractivity contribution in [3.63, 3.8) is 0 Å². The summed E-state index contributed by atoms with van der Waals surface area (Å²) in [5.41, 5.74) is 8.47. The highest BCUT2D eigenvalue weighted by Crippen LogP contribution is 2.52. The summed E-state index contributed by atoms with van der Waals surface area (Å²) in [4.78, 5) is 2.51. The summed E-state index contributed by atoms with van der Waals surface area (Å²) in [6.45, 7) is 2.97. The van der Waals surface area contributed by atoms with Crippen molar-refractivity contribution in [2.75, 3.05) is 40.9 Å². The van der Waals surface area contributed by atoms with Gasteiger partial charge in [0.05, 0.1) is 19.8 Å². The van der Waals surface area contributed by atoms with E-state index in [2.05, 4.69) is 36.2 Å². The SMILES string of the molecule is COc1ccc(C(CN)C2(O)CCCCC2)cc1.COc1ccc(C2CN(C)CCC23CCCCC3)cc1. The summed E-state index contributed by atoms with van der Waals surface area (Å²) >= 11 is 0. The van der Waals surface area contributed by atoms with Crippen LogP contribution in [-0.4, -0.2) is 56.5 Å². The van der Waals surface area contributed by atoms with Crippen molar-refractivity contribution in [1.29, 1.82) is 0 Å². The summed E-state index contributed by atoms with van der Waals surface area (Å²) in [6, 6.07) is 16.7. The van der Waals surface area contributed by atoms with Crippen molar-refractivity contribution in [1.82, 2.24) is 4.90 Å². The van der Waals surface area contributed by atoms with Crippen LogP contribution in [0, 0.1) is 5.41 Å². The number of nitrogens with two attached hydrogens (primary N) is 1. The normalized spacial score (nSPS) is 23.7. The minimum absolute atomic E-state index is 0.0312. The van der Waals surface area contributed by atoms with E-state index in [-0.39, 0.29) is 5.92 Å². The van der Waals surface area contributed by atoms with Crippen LogP contribution in [-0.2, 0) is 0 Å².